The number of benzene rings is 2. The minimum atomic E-state index is -0.722. The monoisotopic (exact) mass is 416 g/mol. The lowest BCUT2D eigenvalue weighted by Crippen LogP contribution is -2.31. The second kappa shape index (κ2) is 6.85. The Morgan fingerprint density at radius 1 is 1.18 bits per heavy atom. The van der Waals surface area contributed by atoms with E-state index in [0.717, 1.165) is 4.68 Å². The van der Waals surface area contributed by atoms with E-state index in [1.54, 1.807) is 24.3 Å². The smallest absolute Gasteiger partial charge is 0.358 e. The lowest BCUT2D eigenvalue weighted by molar-refractivity contribution is 0.0589. The molecule has 28 heavy (non-hydrogen) atoms. The molecule has 0 amide bonds. The maximum Gasteiger partial charge on any atom is 0.358 e. The molecule has 2 aromatic carbocycles. The first-order valence-corrected chi connectivity index (χ1v) is 8.99. The highest BCUT2D eigenvalue weighted by molar-refractivity contribution is 6.36. The molecule has 0 saturated carbocycles. The van der Waals surface area contributed by atoms with E-state index in [2.05, 4.69) is 4.99 Å². The number of methoxy groups -OCH3 is 1. The van der Waals surface area contributed by atoms with Gasteiger partial charge in [0.2, 0.25) is 0 Å². The first kappa shape index (κ1) is 18.3. The third kappa shape index (κ3) is 2.71. The van der Waals surface area contributed by atoms with E-state index in [1.165, 1.54) is 11.7 Å². The molecule has 0 fully saturated rings. The molecule has 0 unspecified atom stereocenters. The van der Waals surface area contributed by atoms with Gasteiger partial charge in [-0.15, -0.1) is 0 Å². The van der Waals surface area contributed by atoms with Gasteiger partial charge in [0.05, 0.1) is 30.7 Å². The standard InChI is InChI=1S/C19H14Cl2N4O3/c1-28-18(26)17-15-9-23-16(11-4-2-3-5-13(11)21)12-8-10(20)6-7-14(12)24(15)19(27)25(17)22/h2-8H,9,22H2,1H3. The molecular weight excluding hydrogens is 403 g/mol. The average molecular weight is 417 g/mol. The van der Waals surface area contributed by atoms with E-state index in [-0.39, 0.29) is 12.2 Å². The fraction of sp³-hybridized carbons (Fsp3) is 0.105. The van der Waals surface area contributed by atoms with E-state index in [0.29, 0.717) is 38.3 Å². The summed E-state index contributed by atoms with van der Waals surface area (Å²) in [7, 11) is 1.22. The van der Waals surface area contributed by atoms with Crippen molar-refractivity contribution in [3.05, 3.63) is 85.5 Å². The van der Waals surface area contributed by atoms with Crippen molar-refractivity contribution in [2.24, 2.45) is 4.99 Å². The summed E-state index contributed by atoms with van der Waals surface area (Å²) in [5.41, 5.74) is 2.02. The molecule has 1 aromatic heterocycles. The lowest BCUT2D eigenvalue weighted by atomic mass is 10.0. The molecule has 0 saturated heterocycles. The van der Waals surface area contributed by atoms with Crippen molar-refractivity contribution in [1.82, 2.24) is 9.24 Å². The molecule has 0 bridgehead atoms. The van der Waals surface area contributed by atoms with E-state index in [9.17, 15) is 9.59 Å². The Morgan fingerprint density at radius 3 is 2.64 bits per heavy atom. The fourth-order valence-electron chi connectivity index (χ4n) is 3.29. The molecule has 9 heteroatoms. The summed E-state index contributed by atoms with van der Waals surface area (Å²) in [5.74, 6) is 5.13. The topological polar surface area (TPSA) is 91.6 Å². The van der Waals surface area contributed by atoms with Gasteiger partial charge in [-0.25, -0.2) is 14.3 Å². The molecule has 7 nitrogen and oxygen atoms in total. The van der Waals surface area contributed by atoms with Gasteiger partial charge in [-0.2, -0.15) is 0 Å². The highest BCUT2D eigenvalue weighted by Crippen LogP contribution is 2.30. The van der Waals surface area contributed by atoms with Crippen LogP contribution in [0.5, 0.6) is 0 Å². The van der Waals surface area contributed by atoms with Crippen LogP contribution in [0.3, 0.4) is 0 Å². The summed E-state index contributed by atoms with van der Waals surface area (Å²) in [6.45, 7) is 0.0245. The van der Waals surface area contributed by atoms with Crippen molar-refractivity contribution in [2.45, 2.75) is 6.54 Å². The summed E-state index contributed by atoms with van der Waals surface area (Å²) in [5, 5.41) is 0.971. The number of halogens is 2. The fourth-order valence-corrected chi connectivity index (χ4v) is 3.68. The molecule has 0 atom stereocenters. The average Bonchev–Trinajstić information content (AvgIpc) is 2.83. The summed E-state index contributed by atoms with van der Waals surface area (Å²) in [4.78, 5) is 29.7. The molecule has 2 N–H and O–H groups in total. The van der Waals surface area contributed by atoms with Crippen LogP contribution < -0.4 is 11.5 Å². The molecule has 4 rings (SSSR count). The van der Waals surface area contributed by atoms with Gasteiger partial charge in [0.1, 0.15) is 0 Å². The van der Waals surface area contributed by atoms with E-state index >= 15 is 0 Å². The Morgan fingerprint density at radius 2 is 1.93 bits per heavy atom. The molecule has 2 heterocycles. The molecular formula is C19H14Cl2N4O3. The van der Waals surface area contributed by atoms with Gasteiger partial charge in [0, 0.05) is 21.2 Å². The van der Waals surface area contributed by atoms with Crippen LogP contribution in [0.15, 0.2) is 52.3 Å². The van der Waals surface area contributed by atoms with Crippen LogP contribution in [0.25, 0.3) is 5.69 Å². The molecule has 3 aromatic rings. The van der Waals surface area contributed by atoms with Gasteiger partial charge in [0.15, 0.2) is 5.69 Å². The number of imidazole rings is 1. The molecule has 0 spiro atoms. The largest absolute Gasteiger partial charge is 0.464 e. The highest BCUT2D eigenvalue weighted by atomic mass is 35.5. The SMILES string of the molecule is COC(=O)c1c2n(c(=O)n1N)-c1ccc(Cl)cc1C(c1ccccc1Cl)=NC2. The summed E-state index contributed by atoms with van der Waals surface area (Å²) >= 11 is 12.6. The Labute approximate surface area is 169 Å². The van der Waals surface area contributed by atoms with Gasteiger partial charge < -0.3 is 10.6 Å². The quantitative estimate of drug-likeness (QED) is 0.513. The minimum Gasteiger partial charge on any atom is -0.464 e. The predicted octanol–water partition coefficient (Wildman–Crippen LogP) is 2.80. The van der Waals surface area contributed by atoms with Crippen molar-refractivity contribution in [3.8, 4) is 5.69 Å². The second-order valence-corrected chi connectivity index (χ2v) is 6.92. The third-order valence-corrected chi connectivity index (χ3v) is 5.10. The van der Waals surface area contributed by atoms with Crippen LogP contribution in [-0.4, -0.2) is 28.0 Å². The Hall–Kier alpha value is -3.03. The van der Waals surface area contributed by atoms with Crippen LogP contribution in [0.2, 0.25) is 10.0 Å². The number of hydrogen-bond acceptors (Lipinski definition) is 5. The number of aromatic nitrogens is 2. The zero-order valence-corrected chi connectivity index (χ0v) is 16.2. The number of nitrogen functional groups attached to an aromatic ring is 1. The number of carbonyl (C=O) groups excluding carboxylic acids is 1. The van der Waals surface area contributed by atoms with Gasteiger partial charge in [-0.1, -0.05) is 41.4 Å². The third-order valence-electron chi connectivity index (χ3n) is 4.53. The van der Waals surface area contributed by atoms with Gasteiger partial charge in [-0.05, 0) is 24.3 Å². The Kier molecular flexibility index (Phi) is 4.49. The number of carbonyl (C=O) groups is 1. The van der Waals surface area contributed by atoms with Crippen LogP contribution in [0, 0.1) is 0 Å². The number of ether oxygens (including phenoxy) is 1. The Bertz CT molecular complexity index is 1210. The minimum absolute atomic E-state index is 0.0245. The Balaban J connectivity index is 2.07. The first-order valence-electron chi connectivity index (χ1n) is 8.23. The number of nitrogens with two attached hydrogens (primary N) is 1. The molecule has 142 valence electrons. The van der Waals surface area contributed by atoms with E-state index in [1.807, 2.05) is 18.2 Å². The van der Waals surface area contributed by atoms with Crippen molar-refractivity contribution >= 4 is 34.9 Å². The van der Waals surface area contributed by atoms with Crippen molar-refractivity contribution in [3.63, 3.8) is 0 Å². The predicted molar refractivity (Wildman–Crippen MR) is 107 cm³/mol. The number of hydrogen-bond donors (Lipinski definition) is 1. The number of fused-ring (bicyclic) bond motifs is 3. The van der Waals surface area contributed by atoms with Crippen LogP contribution in [0.1, 0.15) is 27.3 Å². The summed E-state index contributed by atoms with van der Waals surface area (Å²) in [6.07, 6.45) is 0. The zero-order chi connectivity index (χ0) is 20.0. The molecule has 0 radical (unpaired) electrons. The van der Waals surface area contributed by atoms with Crippen LogP contribution >= 0.6 is 23.2 Å². The summed E-state index contributed by atoms with van der Waals surface area (Å²) < 4.78 is 6.92. The van der Waals surface area contributed by atoms with Crippen molar-refractivity contribution in [2.75, 3.05) is 13.0 Å². The first-order chi connectivity index (χ1) is 13.4. The van der Waals surface area contributed by atoms with Gasteiger partial charge >= 0.3 is 11.7 Å². The van der Waals surface area contributed by atoms with E-state index < -0.39 is 11.7 Å². The molecule has 1 aliphatic heterocycles. The second-order valence-electron chi connectivity index (χ2n) is 6.08. The van der Waals surface area contributed by atoms with Gasteiger partial charge in [0.25, 0.3) is 0 Å². The van der Waals surface area contributed by atoms with Crippen LogP contribution in [-0.2, 0) is 11.3 Å². The van der Waals surface area contributed by atoms with Crippen molar-refractivity contribution < 1.29 is 9.53 Å². The molecule has 1 aliphatic rings. The number of aliphatic imine (C=N–C) groups is 1. The lowest BCUT2D eigenvalue weighted by Gasteiger charge is -2.12. The number of nitrogens with zero attached hydrogens (tertiary/aromatic N) is 3. The van der Waals surface area contributed by atoms with E-state index in [4.69, 9.17) is 33.8 Å². The number of esters is 1. The normalized spacial score (nSPS) is 12.6. The van der Waals surface area contributed by atoms with Gasteiger partial charge in [-0.3, -0.25) is 9.56 Å². The van der Waals surface area contributed by atoms with Crippen LogP contribution in [0.4, 0.5) is 0 Å². The maximum atomic E-state index is 12.8. The maximum absolute atomic E-state index is 12.8. The number of rotatable bonds is 2. The molecule has 0 aliphatic carbocycles. The van der Waals surface area contributed by atoms with Crippen molar-refractivity contribution in [1.29, 1.82) is 0 Å². The highest BCUT2D eigenvalue weighted by Gasteiger charge is 2.30. The zero-order valence-electron chi connectivity index (χ0n) is 14.6. The summed E-state index contributed by atoms with van der Waals surface area (Å²) in [6, 6.07) is 12.3.